The van der Waals surface area contributed by atoms with E-state index in [1.165, 1.54) is 0 Å². The van der Waals surface area contributed by atoms with E-state index in [2.05, 4.69) is 15.0 Å². The normalized spacial score (nSPS) is 11.0. The lowest BCUT2D eigenvalue weighted by Crippen LogP contribution is -2.19. The highest BCUT2D eigenvalue weighted by molar-refractivity contribution is 5.83. The van der Waals surface area contributed by atoms with Crippen molar-refractivity contribution in [2.24, 2.45) is 0 Å². The van der Waals surface area contributed by atoms with Gasteiger partial charge in [-0.2, -0.15) is 5.10 Å². The summed E-state index contributed by atoms with van der Waals surface area (Å²) in [7, 11) is 3.23. The van der Waals surface area contributed by atoms with Crippen molar-refractivity contribution in [1.82, 2.24) is 19.7 Å². The van der Waals surface area contributed by atoms with Crippen LogP contribution in [-0.2, 0) is 11.3 Å². The van der Waals surface area contributed by atoms with Crippen LogP contribution in [0.4, 0.5) is 11.4 Å². The van der Waals surface area contributed by atoms with E-state index in [1.54, 1.807) is 31.3 Å². The predicted octanol–water partition coefficient (Wildman–Crippen LogP) is 4.01. The fourth-order valence-corrected chi connectivity index (χ4v) is 3.77. The van der Waals surface area contributed by atoms with Crippen LogP contribution in [0.25, 0.3) is 22.3 Å². The molecule has 4 rings (SSSR count). The van der Waals surface area contributed by atoms with Gasteiger partial charge in [-0.15, -0.1) is 0 Å². The lowest BCUT2D eigenvalue weighted by atomic mass is 10.1. The number of aliphatic hydroxyl groups is 1. The molecule has 35 heavy (non-hydrogen) atoms. The van der Waals surface area contributed by atoms with Gasteiger partial charge in [-0.25, -0.2) is 4.98 Å². The lowest BCUT2D eigenvalue weighted by Gasteiger charge is -2.26. The van der Waals surface area contributed by atoms with Crippen LogP contribution < -0.4 is 14.4 Å². The van der Waals surface area contributed by atoms with Crippen molar-refractivity contribution >= 4 is 28.2 Å². The molecule has 0 saturated carbocycles. The fraction of sp³-hybridized carbons (Fsp3) is 0.308. The van der Waals surface area contributed by atoms with Crippen molar-refractivity contribution in [1.29, 1.82) is 0 Å². The molecule has 9 nitrogen and oxygen atoms in total. The Balaban J connectivity index is 1.71. The SMILES string of the molecule is CCC(=O)Cn1cc(-c2cnc3ccc(N(CCCO)c4cc(OC)cc(OC)c4)cc3n2)cn1. The number of anilines is 2. The average molecular weight is 476 g/mol. The molecule has 0 saturated heterocycles. The molecule has 0 bridgehead atoms. The number of fused-ring (bicyclic) bond motifs is 1. The Kier molecular flexibility index (Phi) is 7.57. The summed E-state index contributed by atoms with van der Waals surface area (Å²) in [5.41, 5.74) is 4.73. The van der Waals surface area contributed by atoms with Crippen molar-refractivity contribution in [2.75, 3.05) is 32.3 Å². The Morgan fingerprint density at radius 3 is 2.49 bits per heavy atom. The van der Waals surface area contributed by atoms with Gasteiger partial charge in [0.25, 0.3) is 0 Å². The van der Waals surface area contributed by atoms with Crippen molar-refractivity contribution in [3.05, 3.63) is 55.0 Å². The molecule has 0 aliphatic carbocycles. The molecule has 4 aromatic rings. The van der Waals surface area contributed by atoms with Crippen LogP contribution in [0.5, 0.6) is 11.5 Å². The van der Waals surface area contributed by atoms with E-state index in [0.29, 0.717) is 36.6 Å². The van der Waals surface area contributed by atoms with Crippen molar-refractivity contribution < 1.29 is 19.4 Å². The highest BCUT2D eigenvalue weighted by atomic mass is 16.5. The fourth-order valence-electron chi connectivity index (χ4n) is 3.77. The second kappa shape index (κ2) is 11.0. The van der Waals surface area contributed by atoms with E-state index in [0.717, 1.165) is 28.0 Å². The molecular formula is C26H29N5O4. The van der Waals surface area contributed by atoms with Gasteiger partial charge in [0.1, 0.15) is 11.5 Å². The Morgan fingerprint density at radius 2 is 1.80 bits per heavy atom. The number of ketones is 1. The van der Waals surface area contributed by atoms with E-state index < -0.39 is 0 Å². The third-order valence-electron chi connectivity index (χ3n) is 5.69. The van der Waals surface area contributed by atoms with Crippen LogP contribution in [-0.4, -0.2) is 58.0 Å². The zero-order valence-electron chi connectivity index (χ0n) is 20.1. The monoisotopic (exact) mass is 475 g/mol. The largest absolute Gasteiger partial charge is 0.497 e. The first-order chi connectivity index (χ1) is 17.0. The summed E-state index contributed by atoms with van der Waals surface area (Å²) >= 11 is 0. The molecule has 2 aromatic heterocycles. The minimum atomic E-state index is 0.0691. The number of ether oxygens (including phenoxy) is 2. The summed E-state index contributed by atoms with van der Waals surface area (Å²) in [6.07, 6.45) is 6.27. The van der Waals surface area contributed by atoms with Gasteiger partial charge >= 0.3 is 0 Å². The van der Waals surface area contributed by atoms with E-state index in [9.17, 15) is 9.90 Å². The first kappa shape index (κ1) is 24.2. The Hall–Kier alpha value is -3.98. The van der Waals surface area contributed by atoms with Crippen LogP contribution in [0.3, 0.4) is 0 Å². The van der Waals surface area contributed by atoms with E-state index in [1.807, 2.05) is 49.5 Å². The molecule has 0 unspecified atom stereocenters. The van der Waals surface area contributed by atoms with Gasteiger partial charge in [-0.3, -0.25) is 14.5 Å². The van der Waals surface area contributed by atoms with Crippen molar-refractivity contribution in [2.45, 2.75) is 26.3 Å². The number of aromatic nitrogens is 4. The molecule has 0 aliphatic heterocycles. The summed E-state index contributed by atoms with van der Waals surface area (Å²) in [5.74, 6) is 1.47. The van der Waals surface area contributed by atoms with Gasteiger partial charge in [0.2, 0.25) is 0 Å². The zero-order chi connectivity index (χ0) is 24.8. The lowest BCUT2D eigenvalue weighted by molar-refractivity contribution is -0.119. The molecule has 9 heteroatoms. The summed E-state index contributed by atoms with van der Waals surface area (Å²) < 4.78 is 12.5. The number of Topliss-reactive ketones (excluding diaryl/α,β-unsaturated/α-hetero) is 1. The van der Waals surface area contributed by atoms with Crippen LogP contribution in [0.2, 0.25) is 0 Å². The minimum absolute atomic E-state index is 0.0691. The van der Waals surface area contributed by atoms with Crippen LogP contribution in [0.1, 0.15) is 19.8 Å². The molecule has 0 fully saturated rings. The van der Waals surface area contributed by atoms with Gasteiger partial charge in [0, 0.05) is 60.9 Å². The predicted molar refractivity (Wildman–Crippen MR) is 134 cm³/mol. The van der Waals surface area contributed by atoms with Gasteiger partial charge in [0.15, 0.2) is 5.78 Å². The van der Waals surface area contributed by atoms with E-state index in [4.69, 9.17) is 14.5 Å². The molecule has 0 aliphatic rings. The number of hydrogen-bond acceptors (Lipinski definition) is 8. The van der Waals surface area contributed by atoms with Gasteiger partial charge < -0.3 is 19.5 Å². The van der Waals surface area contributed by atoms with E-state index in [-0.39, 0.29) is 18.9 Å². The third-order valence-corrected chi connectivity index (χ3v) is 5.69. The number of carbonyl (C=O) groups is 1. The standard InChI is InChI=1S/C26H29N5O4/c1-4-21(33)17-30-16-18(14-28-30)26-15-27-24-7-6-19(12-25(24)29-26)31(8-5-9-32)20-10-22(34-2)13-23(11-20)35-3/h6-7,10-16,32H,4-5,8-9,17H2,1-3H3. The molecule has 0 amide bonds. The molecule has 0 atom stereocenters. The minimum Gasteiger partial charge on any atom is -0.497 e. The maximum atomic E-state index is 11.8. The second-order valence-corrected chi connectivity index (χ2v) is 8.05. The number of hydrogen-bond donors (Lipinski definition) is 1. The molecular weight excluding hydrogens is 446 g/mol. The summed E-state index contributed by atoms with van der Waals surface area (Å²) in [6, 6.07) is 11.6. The second-order valence-electron chi connectivity index (χ2n) is 8.05. The Bertz CT molecular complexity index is 1300. The smallest absolute Gasteiger partial charge is 0.154 e. The molecule has 0 spiro atoms. The maximum Gasteiger partial charge on any atom is 0.154 e. The van der Waals surface area contributed by atoms with Crippen molar-refractivity contribution in [3.8, 4) is 22.8 Å². The molecule has 1 N–H and O–H groups in total. The number of methoxy groups -OCH3 is 2. The highest BCUT2D eigenvalue weighted by Gasteiger charge is 2.14. The summed E-state index contributed by atoms with van der Waals surface area (Å²) in [6.45, 7) is 2.74. The molecule has 2 aromatic carbocycles. The van der Waals surface area contributed by atoms with Gasteiger partial charge in [0.05, 0.1) is 49.9 Å². The maximum absolute atomic E-state index is 11.8. The Labute approximate surface area is 204 Å². The van der Waals surface area contributed by atoms with Gasteiger partial charge in [-0.05, 0) is 24.6 Å². The quantitative estimate of drug-likeness (QED) is 0.347. The molecule has 182 valence electrons. The average Bonchev–Trinajstić information content (AvgIpc) is 3.36. The Morgan fingerprint density at radius 1 is 1.03 bits per heavy atom. The number of aliphatic hydroxyl groups excluding tert-OH is 1. The topological polar surface area (TPSA) is 103 Å². The summed E-state index contributed by atoms with van der Waals surface area (Å²) in [4.78, 5) is 23.2. The number of benzene rings is 2. The van der Waals surface area contributed by atoms with Crippen LogP contribution >= 0.6 is 0 Å². The molecule has 2 heterocycles. The summed E-state index contributed by atoms with van der Waals surface area (Å²) in [5, 5.41) is 13.8. The zero-order valence-corrected chi connectivity index (χ0v) is 20.1. The number of rotatable bonds is 11. The number of nitrogens with zero attached hydrogens (tertiary/aromatic N) is 5. The van der Waals surface area contributed by atoms with Crippen LogP contribution in [0.15, 0.2) is 55.0 Å². The highest BCUT2D eigenvalue weighted by Crippen LogP contribution is 2.34. The molecule has 0 radical (unpaired) electrons. The number of carbonyl (C=O) groups excluding carboxylic acids is 1. The van der Waals surface area contributed by atoms with Gasteiger partial charge in [-0.1, -0.05) is 6.92 Å². The van der Waals surface area contributed by atoms with Crippen molar-refractivity contribution in [3.63, 3.8) is 0 Å². The van der Waals surface area contributed by atoms with Crippen LogP contribution in [0, 0.1) is 0 Å². The van der Waals surface area contributed by atoms with E-state index >= 15 is 0 Å². The first-order valence-electron chi connectivity index (χ1n) is 11.5. The first-order valence-corrected chi connectivity index (χ1v) is 11.5. The third kappa shape index (κ3) is 5.58.